The monoisotopic (exact) mass is 328 g/mol. The van der Waals surface area contributed by atoms with Crippen molar-refractivity contribution < 1.29 is 13.2 Å². The molecule has 0 saturated carbocycles. The zero-order valence-corrected chi connectivity index (χ0v) is 13.4. The normalized spacial score (nSPS) is 10.8. The Balaban J connectivity index is 2.19. The van der Waals surface area contributed by atoms with E-state index in [1.807, 2.05) is 12.1 Å². The molecular formula is C17H16N2O3S. The molecule has 0 aliphatic rings. The molecule has 1 amide bonds. The van der Waals surface area contributed by atoms with E-state index < -0.39 is 10.0 Å². The summed E-state index contributed by atoms with van der Waals surface area (Å²) in [7, 11) is -3.58. The minimum absolute atomic E-state index is 0.0469. The van der Waals surface area contributed by atoms with E-state index in [2.05, 4.69) is 16.0 Å². The molecule has 2 rings (SSSR count). The Morgan fingerprint density at radius 1 is 1.04 bits per heavy atom. The van der Waals surface area contributed by atoms with Gasteiger partial charge in [-0.3, -0.25) is 4.79 Å². The molecule has 0 aromatic heterocycles. The van der Waals surface area contributed by atoms with Crippen LogP contribution in [0.4, 0.5) is 5.69 Å². The van der Waals surface area contributed by atoms with E-state index in [1.54, 1.807) is 24.3 Å². The maximum absolute atomic E-state index is 11.9. The molecule has 0 aliphatic carbocycles. The lowest BCUT2D eigenvalue weighted by molar-refractivity contribution is -0.114. The van der Waals surface area contributed by atoms with Crippen LogP contribution in [-0.4, -0.2) is 20.9 Å². The number of carbonyl (C=O) groups is 1. The molecule has 0 fully saturated rings. The van der Waals surface area contributed by atoms with Gasteiger partial charge in [0.25, 0.3) is 0 Å². The molecule has 5 nitrogen and oxygen atoms in total. The number of carbonyl (C=O) groups excluding carboxylic acids is 1. The molecule has 6 heteroatoms. The quantitative estimate of drug-likeness (QED) is 0.827. The largest absolute Gasteiger partial charge is 0.326 e. The highest BCUT2D eigenvalue weighted by atomic mass is 32.2. The number of hydrogen-bond acceptors (Lipinski definition) is 3. The van der Waals surface area contributed by atoms with Crippen molar-refractivity contribution >= 4 is 21.6 Å². The zero-order valence-electron chi connectivity index (χ0n) is 12.5. The smallest absolute Gasteiger partial charge is 0.241 e. The molecule has 2 aromatic rings. The molecule has 0 spiro atoms. The molecule has 0 radical (unpaired) electrons. The number of sulfonamides is 1. The predicted molar refractivity (Wildman–Crippen MR) is 90.2 cm³/mol. The van der Waals surface area contributed by atoms with Crippen molar-refractivity contribution in [3.05, 3.63) is 48.5 Å². The van der Waals surface area contributed by atoms with Gasteiger partial charge in [0.1, 0.15) is 0 Å². The SMILES string of the molecule is C#CCNS(=O)(=O)c1ccc(-c2ccc(NC(C)=O)cc2)cc1. The second kappa shape index (κ2) is 7.09. The molecule has 2 N–H and O–H groups in total. The van der Waals surface area contributed by atoms with E-state index in [1.165, 1.54) is 19.1 Å². The molecule has 0 atom stereocenters. The first-order chi connectivity index (χ1) is 10.9. The summed E-state index contributed by atoms with van der Waals surface area (Å²) >= 11 is 0. The summed E-state index contributed by atoms with van der Waals surface area (Å²) in [6.07, 6.45) is 5.05. The lowest BCUT2D eigenvalue weighted by Crippen LogP contribution is -2.23. The van der Waals surface area contributed by atoms with E-state index in [-0.39, 0.29) is 17.3 Å². The van der Waals surface area contributed by atoms with Crippen molar-refractivity contribution in [1.82, 2.24) is 4.72 Å². The molecule has 2 aromatic carbocycles. The average molecular weight is 328 g/mol. The van der Waals surface area contributed by atoms with Crippen LogP contribution in [0.1, 0.15) is 6.92 Å². The summed E-state index contributed by atoms with van der Waals surface area (Å²) in [5, 5.41) is 2.69. The summed E-state index contributed by atoms with van der Waals surface area (Å²) < 4.78 is 26.2. The molecule has 0 saturated heterocycles. The van der Waals surface area contributed by atoms with Crippen LogP contribution in [0.3, 0.4) is 0 Å². The Bertz CT molecular complexity index is 833. The molecule has 0 unspecified atom stereocenters. The van der Waals surface area contributed by atoms with Crippen LogP contribution in [0.15, 0.2) is 53.4 Å². The highest BCUT2D eigenvalue weighted by molar-refractivity contribution is 7.89. The molecule has 0 heterocycles. The average Bonchev–Trinajstić information content (AvgIpc) is 2.53. The third kappa shape index (κ3) is 4.42. The Hall–Kier alpha value is -2.62. The minimum atomic E-state index is -3.58. The number of terminal acetylenes is 1. The van der Waals surface area contributed by atoms with Crippen LogP contribution in [0.5, 0.6) is 0 Å². The van der Waals surface area contributed by atoms with E-state index in [9.17, 15) is 13.2 Å². The molecule has 0 aliphatic heterocycles. The highest BCUT2D eigenvalue weighted by Crippen LogP contribution is 2.23. The lowest BCUT2D eigenvalue weighted by Gasteiger charge is -2.07. The maximum atomic E-state index is 11.9. The first-order valence-corrected chi connectivity index (χ1v) is 8.32. The van der Waals surface area contributed by atoms with Gasteiger partial charge in [0.15, 0.2) is 0 Å². The summed E-state index contributed by atoms with van der Waals surface area (Å²) in [4.78, 5) is 11.1. The Morgan fingerprint density at radius 2 is 1.57 bits per heavy atom. The predicted octanol–water partition coefficient (Wildman–Crippen LogP) is 2.22. The van der Waals surface area contributed by atoms with Crippen LogP contribution in [-0.2, 0) is 14.8 Å². The zero-order chi connectivity index (χ0) is 16.9. The van der Waals surface area contributed by atoms with Crippen molar-refractivity contribution in [3.8, 4) is 23.5 Å². The van der Waals surface area contributed by atoms with E-state index in [0.717, 1.165) is 11.1 Å². The van der Waals surface area contributed by atoms with Gasteiger partial charge in [0.05, 0.1) is 11.4 Å². The summed E-state index contributed by atoms with van der Waals surface area (Å²) in [5.41, 5.74) is 2.49. The van der Waals surface area contributed by atoms with Crippen LogP contribution < -0.4 is 10.0 Å². The van der Waals surface area contributed by atoms with Crippen LogP contribution >= 0.6 is 0 Å². The Morgan fingerprint density at radius 3 is 2.04 bits per heavy atom. The van der Waals surface area contributed by atoms with Crippen molar-refractivity contribution in [1.29, 1.82) is 0 Å². The minimum Gasteiger partial charge on any atom is -0.326 e. The van der Waals surface area contributed by atoms with Gasteiger partial charge >= 0.3 is 0 Å². The highest BCUT2D eigenvalue weighted by Gasteiger charge is 2.12. The number of amides is 1. The fourth-order valence-electron chi connectivity index (χ4n) is 2.00. The number of hydrogen-bond donors (Lipinski definition) is 2. The second-order valence-corrected chi connectivity index (χ2v) is 6.58. The number of benzene rings is 2. The van der Waals surface area contributed by atoms with Gasteiger partial charge in [-0.2, -0.15) is 4.72 Å². The summed E-state index contributed by atoms with van der Waals surface area (Å²) in [6.45, 7) is 1.40. The molecule has 23 heavy (non-hydrogen) atoms. The Labute approximate surface area is 135 Å². The van der Waals surface area contributed by atoms with Crippen LogP contribution in [0.25, 0.3) is 11.1 Å². The van der Waals surface area contributed by atoms with E-state index in [0.29, 0.717) is 5.69 Å². The van der Waals surface area contributed by atoms with Gasteiger partial charge in [0, 0.05) is 12.6 Å². The standard InChI is InChI=1S/C17H16N2O3S/c1-3-12-18-23(21,22)17-10-6-15(7-11-17)14-4-8-16(9-5-14)19-13(2)20/h1,4-11,18H,12H2,2H3,(H,19,20). The summed E-state index contributed by atoms with van der Waals surface area (Å²) in [5.74, 6) is 2.10. The van der Waals surface area contributed by atoms with E-state index in [4.69, 9.17) is 6.42 Å². The topological polar surface area (TPSA) is 75.3 Å². The van der Waals surface area contributed by atoms with E-state index >= 15 is 0 Å². The van der Waals surface area contributed by atoms with Gasteiger partial charge in [0.2, 0.25) is 15.9 Å². The Kier molecular flexibility index (Phi) is 5.16. The van der Waals surface area contributed by atoms with Crippen molar-refractivity contribution in [3.63, 3.8) is 0 Å². The summed E-state index contributed by atoms with van der Waals surface area (Å²) in [6, 6.07) is 13.8. The third-order valence-electron chi connectivity index (χ3n) is 3.07. The first kappa shape index (κ1) is 16.7. The second-order valence-electron chi connectivity index (χ2n) is 4.81. The van der Waals surface area contributed by atoms with Gasteiger partial charge in [-0.25, -0.2) is 8.42 Å². The molecule has 118 valence electrons. The van der Waals surface area contributed by atoms with Crippen molar-refractivity contribution in [2.45, 2.75) is 11.8 Å². The fraction of sp³-hybridized carbons (Fsp3) is 0.118. The van der Waals surface area contributed by atoms with Crippen molar-refractivity contribution in [2.75, 3.05) is 11.9 Å². The number of anilines is 1. The van der Waals surface area contributed by atoms with Gasteiger partial charge in [-0.1, -0.05) is 30.2 Å². The first-order valence-electron chi connectivity index (χ1n) is 6.83. The van der Waals surface area contributed by atoms with Crippen molar-refractivity contribution in [2.24, 2.45) is 0 Å². The number of nitrogens with one attached hydrogen (secondary N) is 2. The maximum Gasteiger partial charge on any atom is 0.241 e. The van der Waals surface area contributed by atoms with Crippen LogP contribution in [0.2, 0.25) is 0 Å². The van der Waals surface area contributed by atoms with Crippen LogP contribution in [0, 0.1) is 12.3 Å². The number of rotatable bonds is 5. The lowest BCUT2D eigenvalue weighted by atomic mass is 10.1. The van der Waals surface area contributed by atoms with Gasteiger partial charge < -0.3 is 5.32 Å². The van der Waals surface area contributed by atoms with Gasteiger partial charge in [-0.05, 0) is 35.4 Å². The fourth-order valence-corrected chi connectivity index (χ4v) is 2.93. The molecular weight excluding hydrogens is 312 g/mol. The molecule has 0 bridgehead atoms. The third-order valence-corrected chi connectivity index (χ3v) is 4.48. The van der Waals surface area contributed by atoms with Gasteiger partial charge in [-0.15, -0.1) is 6.42 Å².